The molecule has 1 aromatic heterocycles. The highest BCUT2D eigenvalue weighted by molar-refractivity contribution is 5.99. The van der Waals surface area contributed by atoms with Gasteiger partial charge in [0.2, 0.25) is 5.43 Å². The number of aromatic nitrogens is 1. The number of piperidine rings is 1. The van der Waals surface area contributed by atoms with Crippen LogP contribution in [0.15, 0.2) is 29.2 Å². The summed E-state index contributed by atoms with van der Waals surface area (Å²) in [7, 11) is 0. The zero-order valence-electron chi connectivity index (χ0n) is 17.8. The molecule has 0 aliphatic carbocycles. The van der Waals surface area contributed by atoms with Crippen LogP contribution in [0.5, 0.6) is 5.75 Å². The van der Waals surface area contributed by atoms with Crippen molar-refractivity contribution in [3.8, 4) is 5.75 Å². The smallest absolute Gasteiger partial charge is 0.278 e. The van der Waals surface area contributed by atoms with E-state index in [9.17, 15) is 28.3 Å². The lowest BCUT2D eigenvalue weighted by molar-refractivity contribution is 0.0534. The molecule has 2 atom stereocenters. The van der Waals surface area contributed by atoms with E-state index in [4.69, 9.17) is 0 Å². The van der Waals surface area contributed by atoms with Gasteiger partial charge in [0.1, 0.15) is 23.4 Å². The van der Waals surface area contributed by atoms with Gasteiger partial charge in [-0.3, -0.25) is 24.1 Å². The maximum absolute atomic E-state index is 14.1. The normalized spacial score (nSPS) is 18.8. The van der Waals surface area contributed by atoms with E-state index >= 15 is 0 Å². The Labute approximate surface area is 183 Å². The fourth-order valence-electron chi connectivity index (χ4n) is 4.45. The van der Waals surface area contributed by atoms with E-state index in [1.807, 2.05) is 11.9 Å². The van der Waals surface area contributed by atoms with Crippen LogP contribution in [-0.4, -0.2) is 45.8 Å². The second kappa shape index (κ2) is 8.25. The lowest BCUT2D eigenvalue weighted by Crippen LogP contribution is -2.63. The number of benzene rings is 1. The maximum Gasteiger partial charge on any atom is 0.278 e. The van der Waals surface area contributed by atoms with Gasteiger partial charge in [-0.1, -0.05) is 6.07 Å². The van der Waals surface area contributed by atoms with Crippen LogP contribution >= 0.6 is 0 Å². The van der Waals surface area contributed by atoms with E-state index in [-0.39, 0.29) is 23.0 Å². The maximum atomic E-state index is 14.1. The molecule has 3 heterocycles. The van der Waals surface area contributed by atoms with E-state index in [2.05, 4.69) is 5.32 Å². The van der Waals surface area contributed by atoms with E-state index in [1.54, 1.807) is 4.90 Å². The van der Waals surface area contributed by atoms with Crippen LogP contribution < -0.4 is 15.8 Å². The summed E-state index contributed by atoms with van der Waals surface area (Å²) in [5.74, 6) is -3.69. The first-order valence-corrected chi connectivity index (χ1v) is 10.6. The summed E-state index contributed by atoms with van der Waals surface area (Å²) in [6, 6.07) is 2.12. The largest absolute Gasteiger partial charge is 0.502 e. The van der Waals surface area contributed by atoms with Crippen LogP contribution in [0.2, 0.25) is 0 Å². The van der Waals surface area contributed by atoms with Crippen molar-refractivity contribution in [1.82, 2.24) is 14.9 Å². The Balaban J connectivity index is 1.72. The van der Waals surface area contributed by atoms with Crippen molar-refractivity contribution in [1.29, 1.82) is 0 Å². The SMILES string of the molecule is CCN1C(=O)c2c(O)c(=O)c(C(=O)N[C@H](C)c3ccc(F)cc3F)cn2N2CCCC[C@@H]12. The number of carbonyl (C=O) groups excluding carboxylic acids is 2. The molecule has 2 amide bonds. The topological polar surface area (TPSA) is 94.9 Å². The summed E-state index contributed by atoms with van der Waals surface area (Å²) >= 11 is 0. The van der Waals surface area contributed by atoms with Gasteiger partial charge in [-0.25, -0.2) is 8.78 Å². The molecule has 2 aromatic rings. The van der Waals surface area contributed by atoms with Crippen LogP contribution in [0.1, 0.15) is 65.6 Å². The zero-order valence-corrected chi connectivity index (χ0v) is 17.8. The molecular formula is C22H24F2N4O4. The molecule has 170 valence electrons. The number of fused-ring (bicyclic) bond motifs is 3. The van der Waals surface area contributed by atoms with Gasteiger partial charge in [0.15, 0.2) is 11.4 Å². The Morgan fingerprint density at radius 1 is 1.28 bits per heavy atom. The summed E-state index contributed by atoms with van der Waals surface area (Å²) in [5.41, 5.74) is -1.49. The molecule has 4 rings (SSSR count). The molecule has 10 heteroatoms. The third-order valence-corrected chi connectivity index (χ3v) is 6.07. The molecule has 2 aliphatic heterocycles. The fraction of sp³-hybridized carbons (Fsp3) is 0.409. The fourth-order valence-corrected chi connectivity index (χ4v) is 4.45. The van der Waals surface area contributed by atoms with E-state index in [1.165, 1.54) is 23.9 Å². The lowest BCUT2D eigenvalue weighted by Gasteiger charge is -2.48. The zero-order chi connectivity index (χ0) is 23.2. The first kappa shape index (κ1) is 21.8. The highest BCUT2D eigenvalue weighted by Crippen LogP contribution is 2.29. The van der Waals surface area contributed by atoms with Gasteiger partial charge >= 0.3 is 0 Å². The number of nitrogens with zero attached hydrogens (tertiary/aromatic N) is 3. The standard InChI is InChI=1S/C22H24F2N4O4/c1-3-26-17-6-4-5-9-27(17)28-11-15(19(29)20(30)18(28)22(26)32)21(31)25-12(2)14-8-7-13(23)10-16(14)24/h7-8,10-12,17,30H,3-6,9H2,1-2H3,(H,25,31)/t12-,17+/m1/s1. The van der Waals surface area contributed by atoms with Crippen LogP contribution in [0.3, 0.4) is 0 Å². The quantitative estimate of drug-likeness (QED) is 0.751. The number of carbonyl (C=O) groups is 2. The molecule has 0 bridgehead atoms. The van der Waals surface area contributed by atoms with Crippen molar-refractivity contribution in [3.05, 3.63) is 63.1 Å². The minimum absolute atomic E-state index is 0.0480. The van der Waals surface area contributed by atoms with Gasteiger partial charge in [0, 0.05) is 30.9 Å². The predicted molar refractivity (Wildman–Crippen MR) is 112 cm³/mol. The number of aromatic hydroxyl groups is 1. The number of rotatable bonds is 4. The minimum atomic E-state index is -0.986. The van der Waals surface area contributed by atoms with Crippen LogP contribution in [0, 0.1) is 11.6 Å². The average Bonchev–Trinajstić information content (AvgIpc) is 2.75. The second-order valence-corrected chi connectivity index (χ2v) is 8.01. The lowest BCUT2D eigenvalue weighted by atomic mass is 10.0. The molecule has 0 spiro atoms. The van der Waals surface area contributed by atoms with Crippen molar-refractivity contribution in [3.63, 3.8) is 0 Å². The average molecular weight is 446 g/mol. The van der Waals surface area contributed by atoms with Gasteiger partial charge in [-0.15, -0.1) is 0 Å². The minimum Gasteiger partial charge on any atom is -0.502 e. The van der Waals surface area contributed by atoms with E-state index < -0.39 is 40.7 Å². The highest BCUT2D eigenvalue weighted by atomic mass is 19.1. The van der Waals surface area contributed by atoms with Crippen molar-refractivity contribution in [2.75, 3.05) is 18.1 Å². The molecule has 1 fully saturated rings. The molecule has 0 unspecified atom stereocenters. The van der Waals surface area contributed by atoms with Crippen molar-refractivity contribution < 1.29 is 23.5 Å². The highest BCUT2D eigenvalue weighted by Gasteiger charge is 2.40. The Hall–Kier alpha value is -3.43. The van der Waals surface area contributed by atoms with Gasteiger partial charge in [-0.2, -0.15) is 0 Å². The number of hydrogen-bond donors (Lipinski definition) is 2. The summed E-state index contributed by atoms with van der Waals surface area (Å²) in [5, 5.41) is 15.0. The molecule has 0 saturated carbocycles. The Morgan fingerprint density at radius 3 is 2.72 bits per heavy atom. The Morgan fingerprint density at radius 2 is 2.03 bits per heavy atom. The first-order valence-electron chi connectivity index (χ1n) is 10.6. The number of amides is 2. The molecule has 8 nitrogen and oxygen atoms in total. The van der Waals surface area contributed by atoms with Crippen LogP contribution in [0.4, 0.5) is 8.78 Å². The van der Waals surface area contributed by atoms with Crippen molar-refractivity contribution in [2.45, 2.75) is 45.3 Å². The molecule has 2 aliphatic rings. The number of nitrogens with one attached hydrogen (secondary N) is 1. The Kier molecular flexibility index (Phi) is 5.62. The first-order chi connectivity index (χ1) is 15.2. The summed E-state index contributed by atoms with van der Waals surface area (Å²) in [6.07, 6.45) is 3.54. The van der Waals surface area contributed by atoms with Gasteiger partial charge < -0.3 is 15.3 Å². The van der Waals surface area contributed by atoms with Crippen molar-refractivity contribution in [2.24, 2.45) is 0 Å². The number of halogens is 2. The Bertz CT molecular complexity index is 1150. The van der Waals surface area contributed by atoms with E-state index in [0.717, 1.165) is 25.3 Å². The molecule has 32 heavy (non-hydrogen) atoms. The number of hydrogen-bond acceptors (Lipinski definition) is 5. The molecular weight excluding hydrogens is 422 g/mol. The third kappa shape index (κ3) is 3.49. The van der Waals surface area contributed by atoms with Gasteiger partial charge in [0.05, 0.1) is 6.04 Å². The monoisotopic (exact) mass is 446 g/mol. The summed E-state index contributed by atoms with van der Waals surface area (Å²) in [6.45, 7) is 4.32. The van der Waals surface area contributed by atoms with Gasteiger partial charge in [-0.05, 0) is 39.2 Å². The molecule has 0 radical (unpaired) electrons. The molecule has 1 saturated heterocycles. The third-order valence-electron chi connectivity index (χ3n) is 6.07. The summed E-state index contributed by atoms with van der Waals surface area (Å²) in [4.78, 5) is 40.3. The van der Waals surface area contributed by atoms with Crippen molar-refractivity contribution >= 4 is 11.8 Å². The second-order valence-electron chi connectivity index (χ2n) is 8.01. The molecule has 1 aromatic carbocycles. The van der Waals surface area contributed by atoms with Crippen LogP contribution in [0.25, 0.3) is 0 Å². The summed E-state index contributed by atoms with van der Waals surface area (Å²) < 4.78 is 28.7. The molecule has 2 N–H and O–H groups in total. The number of pyridine rings is 1. The van der Waals surface area contributed by atoms with Crippen LogP contribution in [-0.2, 0) is 0 Å². The van der Waals surface area contributed by atoms with Gasteiger partial charge in [0.25, 0.3) is 11.8 Å². The predicted octanol–water partition coefficient (Wildman–Crippen LogP) is 2.25. The van der Waals surface area contributed by atoms with E-state index in [0.29, 0.717) is 19.2 Å².